The maximum absolute atomic E-state index is 11.5. The van der Waals surface area contributed by atoms with Crippen molar-refractivity contribution < 1.29 is 4.79 Å². The number of carbonyl (C=O) groups excluding carboxylic acids is 1. The number of carbonyl (C=O) groups is 1. The van der Waals surface area contributed by atoms with Gasteiger partial charge in [-0.1, -0.05) is 18.2 Å². The van der Waals surface area contributed by atoms with Crippen LogP contribution in [0.1, 0.15) is 28.5 Å². The average molecular weight is 343 g/mol. The Morgan fingerprint density at radius 3 is 2.46 bits per heavy atom. The van der Waals surface area contributed by atoms with Gasteiger partial charge in [-0.05, 0) is 44.2 Å². The molecule has 1 heterocycles. The Kier molecular flexibility index (Phi) is 4.90. The summed E-state index contributed by atoms with van der Waals surface area (Å²) in [6, 6.07) is 18.3. The summed E-state index contributed by atoms with van der Waals surface area (Å²) in [6.07, 6.45) is 0. The van der Waals surface area contributed by atoms with Crippen LogP contribution in [0.3, 0.4) is 0 Å². The molecule has 0 radical (unpaired) electrons. The third-order valence-electron chi connectivity index (χ3n) is 3.64. The van der Waals surface area contributed by atoms with Crippen LogP contribution in [-0.4, -0.2) is 15.8 Å². The highest BCUT2D eigenvalue weighted by molar-refractivity contribution is 5.95. The van der Waals surface area contributed by atoms with Gasteiger partial charge in [0.15, 0.2) is 5.78 Å². The van der Waals surface area contributed by atoms with E-state index in [-0.39, 0.29) is 5.78 Å². The first-order valence-electron chi connectivity index (χ1n) is 8.04. The average Bonchev–Trinajstić information content (AvgIpc) is 2.61. The number of aryl methyl sites for hydroxylation is 1. The fourth-order valence-electron chi connectivity index (χ4n) is 2.45. The number of Topliss-reactive ketones (excluding diaryl/α,β-unsaturated/α-hetero) is 1. The first kappa shape index (κ1) is 17.1. The summed E-state index contributed by atoms with van der Waals surface area (Å²) in [4.78, 5) is 20.4. The van der Waals surface area contributed by atoms with Crippen LogP contribution in [0.5, 0.6) is 0 Å². The summed E-state index contributed by atoms with van der Waals surface area (Å²) in [6.45, 7) is 3.40. The summed E-state index contributed by atoms with van der Waals surface area (Å²) in [5, 5.41) is 15.3. The minimum absolute atomic E-state index is 0.00671. The number of hydrogen-bond acceptors (Lipinski definition) is 6. The zero-order valence-corrected chi connectivity index (χ0v) is 14.4. The van der Waals surface area contributed by atoms with Crippen LogP contribution in [0.25, 0.3) is 0 Å². The Bertz CT molecular complexity index is 1010. The zero-order chi connectivity index (χ0) is 18.5. The van der Waals surface area contributed by atoms with Gasteiger partial charge in [0.05, 0.1) is 11.6 Å². The van der Waals surface area contributed by atoms with Crippen molar-refractivity contribution in [2.75, 3.05) is 10.6 Å². The largest absolute Gasteiger partial charge is 0.340 e. The number of nitriles is 1. The number of benzene rings is 2. The molecule has 6 nitrogen and oxygen atoms in total. The van der Waals surface area contributed by atoms with Gasteiger partial charge in [-0.3, -0.25) is 4.79 Å². The van der Waals surface area contributed by atoms with Crippen LogP contribution < -0.4 is 10.6 Å². The first-order valence-corrected chi connectivity index (χ1v) is 8.04. The first-order chi connectivity index (χ1) is 12.5. The zero-order valence-electron chi connectivity index (χ0n) is 14.4. The second-order valence-electron chi connectivity index (χ2n) is 5.80. The van der Waals surface area contributed by atoms with Gasteiger partial charge in [-0.15, -0.1) is 0 Å². The fourth-order valence-corrected chi connectivity index (χ4v) is 2.45. The normalized spacial score (nSPS) is 10.0. The highest BCUT2D eigenvalue weighted by Crippen LogP contribution is 2.20. The van der Waals surface area contributed by atoms with E-state index in [9.17, 15) is 4.79 Å². The molecule has 0 aliphatic heterocycles. The van der Waals surface area contributed by atoms with Gasteiger partial charge in [-0.2, -0.15) is 10.2 Å². The van der Waals surface area contributed by atoms with E-state index in [2.05, 4.69) is 26.7 Å². The number of anilines is 4. The van der Waals surface area contributed by atoms with Crippen molar-refractivity contribution in [2.45, 2.75) is 13.8 Å². The van der Waals surface area contributed by atoms with Crippen LogP contribution in [0.4, 0.5) is 23.1 Å². The van der Waals surface area contributed by atoms with Gasteiger partial charge in [-0.25, -0.2) is 4.98 Å². The molecule has 0 aliphatic rings. The number of ketones is 1. The molecule has 2 aromatic carbocycles. The van der Waals surface area contributed by atoms with E-state index < -0.39 is 0 Å². The lowest BCUT2D eigenvalue weighted by Gasteiger charge is -2.10. The molecule has 3 aromatic rings. The molecule has 0 spiro atoms. The van der Waals surface area contributed by atoms with Crippen molar-refractivity contribution in [3.63, 3.8) is 0 Å². The highest BCUT2D eigenvalue weighted by Gasteiger charge is 2.06. The van der Waals surface area contributed by atoms with Crippen LogP contribution in [0.15, 0.2) is 54.6 Å². The number of nitrogens with one attached hydrogen (secondary N) is 2. The predicted octanol–water partition coefficient (Wildman–Crippen LogP) is 4.35. The molecule has 0 saturated heterocycles. The van der Waals surface area contributed by atoms with Crippen molar-refractivity contribution in [3.05, 3.63) is 71.4 Å². The van der Waals surface area contributed by atoms with E-state index in [1.54, 1.807) is 30.3 Å². The molecular formula is C20H17N5O. The molecule has 0 fully saturated rings. The standard InChI is InChI=1S/C20H17N5O/c1-13-9-19(23-18-8-4-6-16(11-18)14(2)26)25-20(22-13)24-17-7-3-5-15(10-17)12-21/h3-11H,1-2H3,(H2,22,23,24,25). The quantitative estimate of drug-likeness (QED) is 0.669. The van der Waals surface area contributed by atoms with Crippen LogP contribution in [-0.2, 0) is 0 Å². The Balaban J connectivity index is 1.84. The molecule has 0 atom stereocenters. The van der Waals surface area contributed by atoms with Crippen LogP contribution in [0.2, 0.25) is 0 Å². The third-order valence-corrected chi connectivity index (χ3v) is 3.64. The molecular weight excluding hydrogens is 326 g/mol. The van der Waals surface area contributed by atoms with Gasteiger partial charge in [0.1, 0.15) is 5.82 Å². The smallest absolute Gasteiger partial charge is 0.229 e. The van der Waals surface area contributed by atoms with Crippen LogP contribution >= 0.6 is 0 Å². The highest BCUT2D eigenvalue weighted by atomic mass is 16.1. The van der Waals surface area contributed by atoms with E-state index in [4.69, 9.17) is 5.26 Å². The molecule has 0 saturated carbocycles. The molecule has 0 amide bonds. The Morgan fingerprint density at radius 2 is 1.73 bits per heavy atom. The van der Waals surface area contributed by atoms with Gasteiger partial charge in [0.2, 0.25) is 5.95 Å². The Labute approximate surface area is 151 Å². The van der Waals surface area contributed by atoms with Crippen molar-refractivity contribution in [1.82, 2.24) is 9.97 Å². The second kappa shape index (κ2) is 7.45. The van der Waals surface area contributed by atoms with Gasteiger partial charge in [0.25, 0.3) is 0 Å². The number of rotatable bonds is 5. The molecule has 26 heavy (non-hydrogen) atoms. The minimum Gasteiger partial charge on any atom is -0.340 e. The SMILES string of the molecule is CC(=O)c1cccc(Nc2cc(C)nc(Nc3cccc(C#N)c3)n2)c1. The number of hydrogen-bond donors (Lipinski definition) is 2. The maximum atomic E-state index is 11.5. The molecule has 1 aromatic heterocycles. The lowest BCUT2D eigenvalue weighted by atomic mass is 10.1. The van der Waals surface area contributed by atoms with Crippen molar-refractivity contribution in [3.8, 4) is 6.07 Å². The predicted molar refractivity (Wildman–Crippen MR) is 101 cm³/mol. The summed E-state index contributed by atoms with van der Waals surface area (Å²) < 4.78 is 0. The molecule has 128 valence electrons. The van der Waals surface area contributed by atoms with E-state index in [0.717, 1.165) is 17.1 Å². The lowest BCUT2D eigenvalue weighted by molar-refractivity contribution is 0.101. The summed E-state index contributed by atoms with van der Waals surface area (Å²) in [5.41, 5.74) is 3.48. The molecule has 6 heteroatoms. The van der Waals surface area contributed by atoms with E-state index in [1.165, 1.54) is 6.92 Å². The number of aromatic nitrogens is 2. The monoisotopic (exact) mass is 343 g/mol. The maximum Gasteiger partial charge on any atom is 0.229 e. The topological polar surface area (TPSA) is 90.7 Å². The molecule has 0 aliphatic carbocycles. The van der Waals surface area contributed by atoms with Crippen LogP contribution in [0, 0.1) is 18.3 Å². The molecule has 0 bridgehead atoms. The second-order valence-corrected chi connectivity index (χ2v) is 5.80. The van der Waals surface area contributed by atoms with Gasteiger partial charge in [0, 0.05) is 28.7 Å². The third kappa shape index (κ3) is 4.22. The Morgan fingerprint density at radius 1 is 1.00 bits per heavy atom. The molecule has 0 unspecified atom stereocenters. The van der Waals surface area contributed by atoms with Crippen molar-refractivity contribution in [2.24, 2.45) is 0 Å². The van der Waals surface area contributed by atoms with Crippen molar-refractivity contribution >= 4 is 28.9 Å². The summed E-state index contributed by atoms with van der Waals surface area (Å²) >= 11 is 0. The molecule has 2 N–H and O–H groups in total. The molecule has 3 rings (SSSR count). The summed E-state index contributed by atoms with van der Waals surface area (Å²) in [7, 11) is 0. The minimum atomic E-state index is 0.00671. The van der Waals surface area contributed by atoms with E-state index in [1.807, 2.05) is 31.2 Å². The summed E-state index contributed by atoms with van der Waals surface area (Å²) in [5.74, 6) is 1.04. The lowest BCUT2D eigenvalue weighted by Crippen LogP contribution is -2.03. The Hall–Kier alpha value is -3.72. The van der Waals surface area contributed by atoms with Gasteiger partial charge >= 0.3 is 0 Å². The fraction of sp³-hybridized carbons (Fsp3) is 0.100. The van der Waals surface area contributed by atoms with Gasteiger partial charge < -0.3 is 10.6 Å². The number of nitrogens with zero attached hydrogens (tertiary/aromatic N) is 3. The van der Waals surface area contributed by atoms with E-state index in [0.29, 0.717) is 22.9 Å². The van der Waals surface area contributed by atoms with E-state index >= 15 is 0 Å². The van der Waals surface area contributed by atoms with Crippen molar-refractivity contribution in [1.29, 1.82) is 5.26 Å².